The molecule has 2 amide bonds. The van der Waals surface area contributed by atoms with E-state index in [0.717, 1.165) is 12.1 Å². The topological polar surface area (TPSA) is 70.2 Å². The predicted octanol–water partition coefficient (Wildman–Crippen LogP) is 4.67. The number of carbonyl (C=O) groups excluding carboxylic acids is 2. The lowest BCUT2D eigenvalue weighted by molar-refractivity contribution is -0.137. The van der Waals surface area contributed by atoms with E-state index in [1.165, 1.54) is 19.1 Å². The van der Waals surface area contributed by atoms with Gasteiger partial charge in [0.15, 0.2) is 0 Å². The van der Waals surface area contributed by atoms with Crippen molar-refractivity contribution in [3.8, 4) is 0 Å². The number of amides is 2. The van der Waals surface area contributed by atoms with Gasteiger partial charge >= 0.3 is 6.18 Å². The molecule has 0 unspecified atom stereocenters. The zero-order valence-corrected chi connectivity index (χ0v) is 15.8. The van der Waals surface area contributed by atoms with Gasteiger partial charge < -0.3 is 16.0 Å². The summed E-state index contributed by atoms with van der Waals surface area (Å²) >= 11 is 0. The monoisotopic (exact) mass is 393 g/mol. The van der Waals surface area contributed by atoms with E-state index in [0.29, 0.717) is 22.6 Å². The summed E-state index contributed by atoms with van der Waals surface area (Å²) < 4.78 is 37.9. The number of benzene rings is 2. The number of carbonyl (C=O) groups is 2. The first-order valence-corrected chi connectivity index (χ1v) is 8.69. The Morgan fingerprint density at radius 2 is 1.61 bits per heavy atom. The van der Waals surface area contributed by atoms with E-state index in [1.54, 1.807) is 18.2 Å². The highest BCUT2D eigenvalue weighted by Crippen LogP contribution is 2.29. The van der Waals surface area contributed by atoms with Crippen LogP contribution >= 0.6 is 0 Å². The molecule has 28 heavy (non-hydrogen) atoms. The normalized spacial score (nSPS) is 11.2. The summed E-state index contributed by atoms with van der Waals surface area (Å²) in [6.45, 7) is 5.26. The number of halogens is 3. The minimum atomic E-state index is -4.41. The third kappa shape index (κ3) is 6.29. The van der Waals surface area contributed by atoms with Crippen molar-refractivity contribution in [1.82, 2.24) is 0 Å². The van der Waals surface area contributed by atoms with Crippen LogP contribution in [0.3, 0.4) is 0 Å². The number of nitrogens with one attached hydrogen (secondary N) is 3. The van der Waals surface area contributed by atoms with E-state index in [4.69, 9.17) is 0 Å². The van der Waals surface area contributed by atoms with Crippen molar-refractivity contribution in [2.75, 3.05) is 16.0 Å². The van der Waals surface area contributed by atoms with E-state index < -0.39 is 11.7 Å². The Labute approximate surface area is 161 Å². The van der Waals surface area contributed by atoms with Crippen LogP contribution in [-0.2, 0) is 22.2 Å². The highest BCUT2D eigenvalue weighted by Gasteiger charge is 2.30. The number of alkyl halides is 3. The van der Waals surface area contributed by atoms with Crippen LogP contribution in [0.25, 0.3) is 0 Å². The Morgan fingerprint density at radius 3 is 2.14 bits per heavy atom. The smallest absolute Gasteiger partial charge is 0.381 e. The van der Waals surface area contributed by atoms with Gasteiger partial charge in [-0.1, -0.05) is 12.1 Å². The maximum atomic E-state index is 12.6. The lowest BCUT2D eigenvalue weighted by Crippen LogP contribution is -2.18. The molecule has 0 saturated heterocycles. The fourth-order valence-electron chi connectivity index (χ4n) is 2.56. The van der Waals surface area contributed by atoms with Gasteiger partial charge in [0.1, 0.15) is 0 Å². The second-order valence-electron chi connectivity index (χ2n) is 6.66. The Kier molecular flexibility index (Phi) is 6.66. The molecule has 0 spiro atoms. The summed E-state index contributed by atoms with van der Waals surface area (Å²) in [7, 11) is 0. The van der Waals surface area contributed by atoms with Crippen molar-refractivity contribution < 1.29 is 22.8 Å². The van der Waals surface area contributed by atoms with Crippen LogP contribution in [0.15, 0.2) is 42.5 Å². The highest BCUT2D eigenvalue weighted by molar-refractivity contribution is 5.97. The molecule has 0 aliphatic heterocycles. The molecule has 2 aromatic rings. The summed E-state index contributed by atoms with van der Waals surface area (Å²) in [6.07, 6.45) is -4.49. The molecule has 3 N–H and O–H groups in total. The number of anilines is 3. The number of hydrogen-bond acceptors (Lipinski definition) is 3. The third-order valence-corrected chi connectivity index (χ3v) is 3.70. The molecule has 8 heteroatoms. The minimum Gasteiger partial charge on any atom is -0.381 e. The molecule has 0 heterocycles. The van der Waals surface area contributed by atoms with Gasteiger partial charge in [-0.05, 0) is 49.7 Å². The van der Waals surface area contributed by atoms with E-state index in [2.05, 4.69) is 16.0 Å². The Hall–Kier alpha value is -3.03. The van der Waals surface area contributed by atoms with Crippen LogP contribution in [0.1, 0.15) is 31.9 Å². The van der Waals surface area contributed by atoms with Crippen molar-refractivity contribution in [2.45, 2.75) is 39.4 Å². The number of rotatable bonds is 6. The summed E-state index contributed by atoms with van der Waals surface area (Å²) in [4.78, 5) is 23.6. The number of hydrogen-bond donors (Lipinski definition) is 3. The zero-order chi connectivity index (χ0) is 20.9. The van der Waals surface area contributed by atoms with E-state index >= 15 is 0 Å². The van der Waals surface area contributed by atoms with Gasteiger partial charge in [-0.2, -0.15) is 13.2 Å². The van der Waals surface area contributed by atoms with E-state index in [1.807, 2.05) is 13.8 Å². The quantitative estimate of drug-likeness (QED) is 0.668. The van der Waals surface area contributed by atoms with Gasteiger partial charge in [0.25, 0.3) is 0 Å². The Morgan fingerprint density at radius 1 is 0.964 bits per heavy atom. The maximum Gasteiger partial charge on any atom is 0.416 e. The van der Waals surface area contributed by atoms with Crippen molar-refractivity contribution >= 4 is 28.9 Å². The molecule has 2 rings (SSSR count). The Bertz CT molecular complexity index is 847. The molecular formula is C20H22F3N3O2. The molecule has 0 aromatic heterocycles. The maximum absolute atomic E-state index is 12.6. The summed E-state index contributed by atoms with van der Waals surface area (Å²) in [5, 5.41) is 8.59. The van der Waals surface area contributed by atoms with Crippen LogP contribution in [0.4, 0.5) is 30.2 Å². The van der Waals surface area contributed by atoms with Gasteiger partial charge in [0, 0.05) is 18.7 Å². The average molecular weight is 393 g/mol. The van der Waals surface area contributed by atoms with Crippen molar-refractivity contribution in [2.24, 2.45) is 0 Å². The lowest BCUT2D eigenvalue weighted by Gasteiger charge is -2.17. The van der Waals surface area contributed by atoms with Crippen molar-refractivity contribution in [3.05, 3.63) is 53.6 Å². The van der Waals surface area contributed by atoms with E-state index in [-0.39, 0.29) is 24.3 Å². The van der Waals surface area contributed by atoms with Crippen molar-refractivity contribution in [3.63, 3.8) is 0 Å². The van der Waals surface area contributed by atoms with Gasteiger partial charge in [-0.25, -0.2) is 0 Å². The molecule has 150 valence electrons. The van der Waals surface area contributed by atoms with Gasteiger partial charge in [-0.15, -0.1) is 0 Å². The third-order valence-electron chi connectivity index (χ3n) is 3.70. The first-order valence-electron chi connectivity index (χ1n) is 8.69. The molecule has 0 bridgehead atoms. The second kappa shape index (κ2) is 8.77. The first kappa shape index (κ1) is 21.3. The fourth-order valence-corrected chi connectivity index (χ4v) is 2.56. The van der Waals surface area contributed by atoms with Gasteiger partial charge in [0.05, 0.1) is 23.4 Å². The van der Waals surface area contributed by atoms with E-state index in [9.17, 15) is 22.8 Å². The SMILES string of the molecule is CC(=O)Nc1ccc(NC(C)C)c(NC(=O)Cc2ccc(C(F)(F)F)cc2)c1. The highest BCUT2D eigenvalue weighted by atomic mass is 19.4. The second-order valence-corrected chi connectivity index (χ2v) is 6.66. The van der Waals surface area contributed by atoms with Crippen LogP contribution in [-0.4, -0.2) is 17.9 Å². The molecule has 5 nitrogen and oxygen atoms in total. The minimum absolute atomic E-state index is 0.0797. The summed E-state index contributed by atoms with van der Waals surface area (Å²) in [6, 6.07) is 9.63. The molecule has 0 saturated carbocycles. The zero-order valence-electron chi connectivity index (χ0n) is 15.8. The lowest BCUT2D eigenvalue weighted by atomic mass is 10.1. The van der Waals surface area contributed by atoms with Crippen LogP contribution in [0.2, 0.25) is 0 Å². The standard InChI is InChI=1S/C20H22F3N3O2/c1-12(2)24-17-9-8-16(25-13(3)27)11-18(17)26-19(28)10-14-4-6-15(7-5-14)20(21,22)23/h4-9,11-12,24H,10H2,1-3H3,(H,25,27)(H,26,28). The molecule has 0 aliphatic rings. The van der Waals surface area contributed by atoms with Crippen LogP contribution in [0.5, 0.6) is 0 Å². The largest absolute Gasteiger partial charge is 0.416 e. The van der Waals surface area contributed by atoms with Crippen molar-refractivity contribution in [1.29, 1.82) is 0 Å². The van der Waals surface area contributed by atoms with Crippen LogP contribution in [0, 0.1) is 0 Å². The summed E-state index contributed by atoms with van der Waals surface area (Å²) in [5.41, 5.74) is 1.36. The molecular weight excluding hydrogens is 371 g/mol. The Balaban J connectivity index is 2.15. The summed E-state index contributed by atoms with van der Waals surface area (Å²) in [5.74, 6) is -0.627. The average Bonchev–Trinajstić information content (AvgIpc) is 2.56. The van der Waals surface area contributed by atoms with Gasteiger partial charge in [-0.3, -0.25) is 9.59 Å². The predicted molar refractivity (Wildman–Crippen MR) is 103 cm³/mol. The molecule has 2 aromatic carbocycles. The molecule has 0 atom stereocenters. The fraction of sp³-hybridized carbons (Fsp3) is 0.300. The molecule has 0 fully saturated rings. The molecule has 0 radical (unpaired) electrons. The van der Waals surface area contributed by atoms with Gasteiger partial charge in [0.2, 0.25) is 11.8 Å². The first-order chi connectivity index (χ1) is 13.0. The van der Waals surface area contributed by atoms with Crippen LogP contribution < -0.4 is 16.0 Å². The molecule has 0 aliphatic carbocycles.